The highest BCUT2D eigenvalue weighted by Gasteiger charge is 2.30. The Morgan fingerprint density at radius 2 is 2.11 bits per heavy atom. The lowest BCUT2D eigenvalue weighted by molar-refractivity contribution is -0.402. The van der Waals surface area contributed by atoms with Crippen LogP contribution < -0.4 is 4.90 Å². The summed E-state index contributed by atoms with van der Waals surface area (Å²) in [6, 6.07) is 6.54. The number of hydrogen-bond donors (Lipinski definition) is 0. The minimum Gasteiger partial charge on any atom is -0.395 e. The summed E-state index contributed by atoms with van der Waals surface area (Å²) < 4.78 is 11.9. The summed E-state index contributed by atoms with van der Waals surface area (Å²) in [4.78, 5) is 29.6. The number of carbonyl (C=O) groups is 1. The minimum absolute atomic E-state index is 0.0857. The van der Waals surface area contributed by atoms with Gasteiger partial charge in [-0.1, -0.05) is 23.5 Å². The zero-order valence-electron chi connectivity index (χ0n) is 15.5. The highest BCUT2D eigenvalue weighted by molar-refractivity contribution is 7.22. The maximum atomic E-state index is 13.1. The molecule has 0 bridgehead atoms. The van der Waals surface area contributed by atoms with Crippen LogP contribution in [0.4, 0.5) is 11.0 Å². The molecule has 1 aromatic carbocycles. The van der Waals surface area contributed by atoms with E-state index in [-0.39, 0.29) is 11.9 Å². The van der Waals surface area contributed by atoms with E-state index >= 15 is 0 Å². The van der Waals surface area contributed by atoms with E-state index in [0.717, 1.165) is 34.2 Å². The average Bonchev–Trinajstić information content (AvgIpc) is 3.42. The summed E-state index contributed by atoms with van der Waals surface area (Å²) in [6.07, 6.45) is 1.70. The highest BCUT2D eigenvalue weighted by atomic mass is 32.1. The maximum Gasteiger partial charge on any atom is 0.433 e. The Balaban J connectivity index is 1.74. The van der Waals surface area contributed by atoms with E-state index in [4.69, 9.17) is 14.1 Å². The van der Waals surface area contributed by atoms with Crippen LogP contribution in [0.3, 0.4) is 0 Å². The molecule has 0 spiro atoms. The van der Waals surface area contributed by atoms with Gasteiger partial charge in [0.15, 0.2) is 10.9 Å². The second-order valence-electron chi connectivity index (χ2n) is 6.82. The standard InChI is InChI=1S/C19H19N3O5S/c1-11-5-6-12(2)17-16(11)20-19(28-17)21(10-13-4-3-9-26-13)18(23)14-7-8-15(27-14)22(24)25/h5-8,13H,3-4,9-10H2,1-2H3. The van der Waals surface area contributed by atoms with Gasteiger partial charge >= 0.3 is 5.88 Å². The molecule has 1 atom stereocenters. The summed E-state index contributed by atoms with van der Waals surface area (Å²) in [5, 5.41) is 11.4. The van der Waals surface area contributed by atoms with Gasteiger partial charge in [0.25, 0.3) is 5.91 Å². The smallest absolute Gasteiger partial charge is 0.395 e. The number of aryl methyl sites for hydroxylation is 2. The molecule has 0 radical (unpaired) electrons. The van der Waals surface area contributed by atoms with E-state index in [0.29, 0.717) is 18.3 Å². The topological polar surface area (TPSA) is 98.7 Å². The fourth-order valence-electron chi connectivity index (χ4n) is 3.28. The number of thiazole rings is 1. The predicted molar refractivity (Wildman–Crippen MR) is 105 cm³/mol. The molecule has 0 N–H and O–H groups in total. The van der Waals surface area contributed by atoms with Crippen molar-refractivity contribution in [3.63, 3.8) is 0 Å². The van der Waals surface area contributed by atoms with Crippen molar-refractivity contribution >= 4 is 38.5 Å². The van der Waals surface area contributed by atoms with Crippen LogP contribution in [-0.4, -0.2) is 35.1 Å². The quantitative estimate of drug-likeness (QED) is 0.468. The van der Waals surface area contributed by atoms with Crippen LogP contribution >= 0.6 is 11.3 Å². The molecule has 9 heteroatoms. The highest BCUT2D eigenvalue weighted by Crippen LogP contribution is 2.34. The van der Waals surface area contributed by atoms with Gasteiger partial charge in [-0.3, -0.25) is 19.8 Å². The lowest BCUT2D eigenvalue weighted by Crippen LogP contribution is -2.37. The van der Waals surface area contributed by atoms with Gasteiger partial charge in [0.2, 0.25) is 0 Å². The van der Waals surface area contributed by atoms with Gasteiger partial charge in [0.05, 0.1) is 28.9 Å². The number of aromatic nitrogens is 1. The van der Waals surface area contributed by atoms with Crippen molar-refractivity contribution in [3.05, 3.63) is 51.3 Å². The van der Waals surface area contributed by atoms with Crippen LogP contribution in [0, 0.1) is 24.0 Å². The van der Waals surface area contributed by atoms with Crippen LogP contribution in [0.5, 0.6) is 0 Å². The zero-order valence-corrected chi connectivity index (χ0v) is 16.3. The Bertz CT molecular complexity index is 1010. The SMILES string of the molecule is Cc1ccc(C)c2sc(N(CC3CCCO3)C(=O)c3ccc([N+](=O)[O-])o3)nc12. The number of rotatable bonds is 5. The minimum atomic E-state index is -0.661. The molecule has 1 unspecified atom stereocenters. The van der Waals surface area contributed by atoms with Crippen LogP contribution in [0.1, 0.15) is 34.5 Å². The van der Waals surface area contributed by atoms with Crippen molar-refractivity contribution in [2.45, 2.75) is 32.8 Å². The van der Waals surface area contributed by atoms with Crippen molar-refractivity contribution in [2.24, 2.45) is 0 Å². The molecule has 3 aromatic rings. The van der Waals surface area contributed by atoms with Gasteiger partial charge < -0.3 is 9.15 Å². The molecule has 1 aliphatic heterocycles. The average molecular weight is 401 g/mol. The molecule has 146 valence electrons. The molecule has 1 saturated heterocycles. The Hall–Kier alpha value is -2.78. The Morgan fingerprint density at radius 3 is 2.75 bits per heavy atom. The van der Waals surface area contributed by atoms with E-state index in [9.17, 15) is 14.9 Å². The van der Waals surface area contributed by atoms with Crippen LogP contribution in [-0.2, 0) is 4.74 Å². The van der Waals surface area contributed by atoms with Crippen LogP contribution in [0.2, 0.25) is 0 Å². The number of amides is 1. The molecule has 0 aliphatic carbocycles. The van der Waals surface area contributed by atoms with Crippen LogP contribution in [0.15, 0.2) is 28.7 Å². The number of nitrogens with zero attached hydrogens (tertiary/aromatic N) is 3. The molecule has 4 rings (SSSR count). The lowest BCUT2D eigenvalue weighted by atomic mass is 10.1. The molecular weight excluding hydrogens is 382 g/mol. The number of furan rings is 1. The molecule has 1 fully saturated rings. The monoisotopic (exact) mass is 401 g/mol. The maximum absolute atomic E-state index is 13.1. The van der Waals surface area contributed by atoms with E-state index in [2.05, 4.69) is 0 Å². The fraction of sp³-hybridized carbons (Fsp3) is 0.368. The number of carbonyl (C=O) groups excluding carboxylic acids is 1. The fourth-order valence-corrected chi connectivity index (χ4v) is 4.40. The number of benzene rings is 1. The van der Waals surface area contributed by atoms with E-state index in [1.165, 1.54) is 28.4 Å². The molecule has 2 aromatic heterocycles. The van der Waals surface area contributed by atoms with Gasteiger partial charge in [0, 0.05) is 6.61 Å². The molecule has 0 saturated carbocycles. The third-order valence-corrected chi connectivity index (χ3v) is 6.01. The van der Waals surface area contributed by atoms with Crippen molar-refractivity contribution in [3.8, 4) is 0 Å². The van der Waals surface area contributed by atoms with Gasteiger partial charge in [-0.05, 0) is 43.9 Å². The second kappa shape index (κ2) is 7.33. The largest absolute Gasteiger partial charge is 0.433 e. The second-order valence-corrected chi connectivity index (χ2v) is 7.80. The number of fused-ring (bicyclic) bond motifs is 1. The normalized spacial score (nSPS) is 16.6. The first-order valence-electron chi connectivity index (χ1n) is 8.98. The van der Waals surface area contributed by atoms with E-state index in [1.807, 2.05) is 26.0 Å². The van der Waals surface area contributed by atoms with Crippen molar-refractivity contribution in [2.75, 3.05) is 18.1 Å². The molecule has 3 heterocycles. The van der Waals surface area contributed by atoms with Gasteiger partial charge in [-0.2, -0.15) is 0 Å². The summed E-state index contributed by atoms with van der Waals surface area (Å²) >= 11 is 1.43. The number of ether oxygens (including phenoxy) is 1. The molecular formula is C19H19N3O5S. The number of hydrogen-bond acceptors (Lipinski definition) is 7. The molecule has 28 heavy (non-hydrogen) atoms. The van der Waals surface area contributed by atoms with Crippen molar-refractivity contribution in [1.82, 2.24) is 4.98 Å². The first kappa shape index (κ1) is 18.6. The van der Waals surface area contributed by atoms with Crippen LogP contribution in [0.25, 0.3) is 10.2 Å². The first-order valence-corrected chi connectivity index (χ1v) is 9.80. The summed E-state index contributed by atoms with van der Waals surface area (Å²) in [6.45, 7) is 4.97. The first-order chi connectivity index (χ1) is 13.4. The number of anilines is 1. The summed E-state index contributed by atoms with van der Waals surface area (Å²) in [5.74, 6) is -1.01. The summed E-state index contributed by atoms with van der Waals surface area (Å²) in [7, 11) is 0. The predicted octanol–water partition coefficient (Wildman–Crippen LogP) is 4.24. The Kier molecular flexibility index (Phi) is 4.86. The summed E-state index contributed by atoms with van der Waals surface area (Å²) in [5.41, 5.74) is 2.97. The molecule has 1 aliphatic rings. The van der Waals surface area contributed by atoms with Crippen molar-refractivity contribution < 1.29 is 18.9 Å². The van der Waals surface area contributed by atoms with E-state index in [1.54, 1.807) is 0 Å². The lowest BCUT2D eigenvalue weighted by Gasteiger charge is -2.21. The Labute approximate surface area is 164 Å². The Morgan fingerprint density at radius 1 is 1.32 bits per heavy atom. The van der Waals surface area contributed by atoms with Crippen molar-refractivity contribution in [1.29, 1.82) is 0 Å². The molecule has 8 nitrogen and oxygen atoms in total. The van der Waals surface area contributed by atoms with Gasteiger partial charge in [-0.25, -0.2) is 4.98 Å². The third-order valence-electron chi connectivity index (χ3n) is 4.80. The third kappa shape index (κ3) is 3.38. The number of nitro groups is 1. The van der Waals surface area contributed by atoms with Gasteiger partial charge in [-0.15, -0.1) is 0 Å². The van der Waals surface area contributed by atoms with E-state index < -0.39 is 16.7 Å². The van der Waals surface area contributed by atoms with Gasteiger partial charge in [0.1, 0.15) is 4.92 Å². The molecule has 1 amide bonds. The zero-order chi connectivity index (χ0) is 19.8.